The summed E-state index contributed by atoms with van der Waals surface area (Å²) in [6.45, 7) is 2.65. The van der Waals surface area contributed by atoms with Crippen molar-refractivity contribution in [3.63, 3.8) is 0 Å². The van der Waals surface area contributed by atoms with Gasteiger partial charge in [-0.3, -0.25) is 14.2 Å². The smallest absolute Gasteiger partial charge is 0.297 e. The third-order valence-electron chi connectivity index (χ3n) is 6.87. The second kappa shape index (κ2) is 14.5. The van der Waals surface area contributed by atoms with Crippen molar-refractivity contribution < 1.29 is 24.3 Å². The lowest BCUT2D eigenvalue weighted by molar-refractivity contribution is -0.757. The van der Waals surface area contributed by atoms with Crippen LogP contribution in [0.15, 0.2) is 66.7 Å². The van der Waals surface area contributed by atoms with Gasteiger partial charge in [-0.05, 0) is 53.8 Å². The van der Waals surface area contributed by atoms with E-state index in [1.165, 1.54) is 0 Å². The van der Waals surface area contributed by atoms with Gasteiger partial charge in [0.05, 0.1) is 42.9 Å². The van der Waals surface area contributed by atoms with Gasteiger partial charge in [0.2, 0.25) is 11.7 Å². The fourth-order valence-electron chi connectivity index (χ4n) is 4.82. The molecule has 0 aliphatic heterocycles. The van der Waals surface area contributed by atoms with Gasteiger partial charge in [-0.1, -0.05) is 54.6 Å². The van der Waals surface area contributed by atoms with Crippen LogP contribution < -0.4 is 15.4 Å². The van der Waals surface area contributed by atoms with Crippen molar-refractivity contribution in [1.82, 2.24) is 40.8 Å². The molecule has 0 unspecified atom stereocenters. The quantitative estimate of drug-likeness (QED) is 0.0897. The molecule has 45 heavy (non-hydrogen) atoms. The summed E-state index contributed by atoms with van der Waals surface area (Å²) in [5, 5.41) is 29.1. The first-order chi connectivity index (χ1) is 21.9. The Morgan fingerprint density at radius 3 is 2.53 bits per heavy atom. The van der Waals surface area contributed by atoms with E-state index < -0.39 is 11.0 Å². The van der Waals surface area contributed by atoms with Gasteiger partial charge in [-0.2, -0.15) is 10.2 Å². The van der Waals surface area contributed by atoms with E-state index in [0.717, 1.165) is 22.3 Å². The standard InChI is InChI=1S/C30H31N9O6/c1-2-44-30-33-25-11-7-10-24(29(41)32-18-26(40)31-16-5-6-17-45-39(42)43)27(25)38(30)19-20-12-14-21(15-13-20)22-8-3-4-9-23(22)28-34-36-37-35-28/h3-4,7-15H,2,5-6,16-19H2,1H3,(H,31,40)(H,32,41)(H,34,35,36,37). The SMILES string of the molecule is CCOc1nc2cccc(C(=O)NCC(=O)NCCCCO[N+](=O)[O-])c2n1Cc1ccc(-c2ccccc2-c2nn[nH]n2)cc1. The van der Waals surface area contributed by atoms with Gasteiger partial charge in [-0.25, -0.2) is 0 Å². The maximum atomic E-state index is 13.3. The lowest BCUT2D eigenvalue weighted by atomic mass is 9.98. The Labute approximate surface area is 257 Å². The van der Waals surface area contributed by atoms with Crippen LogP contribution in [0.5, 0.6) is 6.01 Å². The molecule has 15 nitrogen and oxygen atoms in total. The number of unbranched alkanes of at least 4 members (excludes halogenated alkanes) is 1. The molecular formula is C30H31N9O6. The third kappa shape index (κ3) is 7.57. The first kappa shape index (κ1) is 30.6. The number of carbonyl (C=O) groups is 2. The average Bonchev–Trinajstić information content (AvgIpc) is 3.71. The van der Waals surface area contributed by atoms with Gasteiger partial charge in [0, 0.05) is 12.1 Å². The van der Waals surface area contributed by atoms with Gasteiger partial charge in [0.25, 0.3) is 17.0 Å². The van der Waals surface area contributed by atoms with Crippen LogP contribution in [-0.4, -0.2) is 73.4 Å². The van der Waals surface area contributed by atoms with Gasteiger partial charge in [0.1, 0.15) is 0 Å². The zero-order chi connectivity index (χ0) is 31.6. The Bertz CT molecular complexity index is 1770. The number of rotatable bonds is 15. The molecule has 0 fully saturated rings. The van der Waals surface area contributed by atoms with E-state index in [1.54, 1.807) is 18.2 Å². The molecule has 0 saturated heterocycles. The maximum Gasteiger partial charge on any atom is 0.297 e. The summed E-state index contributed by atoms with van der Waals surface area (Å²) in [4.78, 5) is 44.6. The van der Waals surface area contributed by atoms with Crippen LogP contribution in [0.25, 0.3) is 33.5 Å². The monoisotopic (exact) mass is 613 g/mol. The second-order valence-corrected chi connectivity index (χ2v) is 9.86. The van der Waals surface area contributed by atoms with Crippen molar-refractivity contribution in [3.8, 4) is 28.5 Å². The number of ether oxygens (including phenoxy) is 1. The minimum atomic E-state index is -0.853. The Balaban J connectivity index is 1.31. The number of tetrazole rings is 1. The van der Waals surface area contributed by atoms with E-state index in [0.29, 0.717) is 61.0 Å². The van der Waals surface area contributed by atoms with Crippen LogP contribution in [0.3, 0.4) is 0 Å². The summed E-state index contributed by atoms with van der Waals surface area (Å²) in [6.07, 6.45) is 0.913. The minimum Gasteiger partial charge on any atom is -0.465 e. The maximum absolute atomic E-state index is 13.3. The van der Waals surface area contributed by atoms with Crippen LogP contribution in [0.4, 0.5) is 0 Å². The number of H-pyrrole nitrogens is 1. The molecule has 3 N–H and O–H groups in total. The molecule has 15 heteroatoms. The number of carbonyl (C=O) groups excluding carboxylic acids is 2. The van der Waals surface area contributed by atoms with Crippen LogP contribution in [0, 0.1) is 10.1 Å². The first-order valence-electron chi connectivity index (χ1n) is 14.3. The molecule has 2 amide bonds. The van der Waals surface area contributed by atoms with E-state index >= 15 is 0 Å². The van der Waals surface area contributed by atoms with Gasteiger partial charge >= 0.3 is 0 Å². The molecule has 0 radical (unpaired) electrons. The fourth-order valence-corrected chi connectivity index (χ4v) is 4.82. The van der Waals surface area contributed by atoms with Crippen molar-refractivity contribution >= 4 is 22.8 Å². The Morgan fingerprint density at radius 2 is 1.80 bits per heavy atom. The number of amides is 2. The normalized spacial score (nSPS) is 10.9. The Hall–Kier alpha value is -5.86. The third-order valence-corrected chi connectivity index (χ3v) is 6.87. The molecule has 0 aliphatic carbocycles. The molecule has 0 aliphatic rings. The summed E-state index contributed by atoms with van der Waals surface area (Å²) in [6, 6.07) is 21.4. The minimum absolute atomic E-state index is 0.0410. The highest BCUT2D eigenvalue weighted by molar-refractivity contribution is 6.06. The van der Waals surface area contributed by atoms with Crippen molar-refractivity contribution in [1.29, 1.82) is 0 Å². The van der Waals surface area contributed by atoms with Crippen LogP contribution in [-0.2, 0) is 16.2 Å². The largest absolute Gasteiger partial charge is 0.465 e. The summed E-state index contributed by atoms with van der Waals surface area (Å²) in [5.74, 6) is -0.313. The number of aromatic amines is 1. The summed E-state index contributed by atoms with van der Waals surface area (Å²) < 4.78 is 7.70. The lowest BCUT2D eigenvalue weighted by Gasteiger charge is -2.13. The average molecular weight is 614 g/mol. The molecule has 2 aromatic heterocycles. The van der Waals surface area contributed by atoms with Gasteiger partial charge < -0.3 is 20.2 Å². The number of hydrogen-bond donors (Lipinski definition) is 3. The van der Waals surface area contributed by atoms with E-state index in [-0.39, 0.29) is 19.1 Å². The number of fused-ring (bicyclic) bond motifs is 1. The zero-order valence-electron chi connectivity index (χ0n) is 24.4. The molecule has 0 bridgehead atoms. The summed E-state index contributed by atoms with van der Waals surface area (Å²) >= 11 is 0. The number of nitrogens with zero attached hydrogens (tertiary/aromatic N) is 6. The number of hydrogen-bond acceptors (Lipinski definition) is 10. The van der Waals surface area contributed by atoms with E-state index in [4.69, 9.17) is 4.74 Å². The molecule has 232 valence electrons. The van der Waals surface area contributed by atoms with Crippen LogP contribution in [0.1, 0.15) is 35.7 Å². The number of para-hydroxylation sites is 1. The highest BCUT2D eigenvalue weighted by Crippen LogP contribution is 2.31. The molecule has 0 spiro atoms. The summed E-state index contributed by atoms with van der Waals surface area (Å²) in [7, 11) is 0. The number of benzene rings is 3. The number of nitrogens with one attached hydrogen (secondary N) is 3. The van der Waals surface area contributed by atoms with Crippen molar-refractivity contribution in [2.24, 2.45) is 0 Å². The van der Waals surface area contributed by atoms with Crippen LogP contribution in [0.2, 0.25) is 0 Å². The number of imidazole rings is 1. The second-order valence-electron chi connectivity index (χ2n) is 9.86. The Kier molecular flexibility index (Phi) is 9.89. The zero-order valence-corrected chi connectivity index (χ0v) is 24.4. The molecule has 5 aromatic rings. The number of aromatic nitrogens is 6. The molecule has 0 saturated carbocycles. The van der Waals surface area contributed by atoms with Crippen LogP contribution >= 0.6 is 0 Å². The Morgan fingerprint density at radius 1 is 1.00 bits per heavy atom. The highest BCUT2D eigenvalue weighted by atomic mass is 16.9. The van der Waals surface area contributed by atoms with Gasteiger partial charge in [0.15, 0.2) is 0 Å². The molecule has 3 aromatic carbocycles. The predicted molar refractivity (Wildman–Crippen MR) is 163 cm³/mol. The van der Waals surface area contributed by atoms with E-state index in [2.05, 4.69) is 41.1 Å². The fraction of sp³-hybridized carbons (Fsp3) is 0.267. The highest BCUT2D eigenvalue weighted by Gasteiger charge is 2.20. The van der Waals surface area contributed by atoms with Crippen molar-refractivity contribution in [2.45, 2.75) is 26.3 Å². The first-order valence-corrected chi connectivity index (χ1v) is 14.3. The predicted octanol–water partition coefficient (Wildman–Crippen LogP) is 3.16. The van der Waals surface area contributed by atoms with Gasteiger partial charge in [-0.15, -0.1) is 20.3 Å². The molecule has 0 atom stereocenters. The lowest BCUT2D eigenvalue weighted by Crippen LogP contribution is -2.37. The summed E-state index contributed by atoms with van der Waals surface area (Å²) in [5.41, 5.74) is 5.25. The van der Waals surface area contributed by atoms with Crippen molar-refractivity contribution in [2.75, 3.05) is 26.3 Å². The molecular weight excluding hydrogens is 582 g/mol. The van der Waals surface area contributed by atoms with E-state index in [9.17, 15) is 19.7 Å². The molecule has 5 rings (SSSR count). The molecule has 2 heterocycles. The van der Waals surface area contributed by atoms with Crippen molar-refractivity contribution in [3.05, 3.63) is 88.0 Å². The van der Waals surface area contributed by atoms with E-state index in [1.807, 2.05) is 60.0 Å². The topological polar surface area (TPSA) is 192 Å².